The van der Waals surface area contributed by atoms with E-state index in [0.717, 1.165) is 70.7 Å². The molecule has 0 saturated heterocycles. The molecule has 1 N–H and O–H groups in total. The van der Waals surface area contributed by atoms with Gasteiger partial charge in [0.05, 0.1) is 64.1 Å². The van der Waals surface area contributed by atoms with E-state index in [1.807, 2.05) is 37.4 Å². The van der Waals surface area contributed by atoms with Crippen LogP contribution in [0.1, 0.15) is 31.4 Å². The van der Waals surface area contributed by atoms with Crippen molar-refractivity contribution in [1.29, 1.82) is 0 Å². The maximum Gasteiger partial charge on any atom is 0.189 e. The van der Waals surface area contributed by atoms with Gasteiger partial charge in [0.2, 0.25) is 0 Å². The molecule has 1 aliphatic heterocycles. The predicted molar refractivity (Wildman–Crippen MR) is 155 cm³/mol. The maximum absolute atomic E-state index is 13.9. The molecular formula is C32H29FN6O. The molecule has 1 aromatic heterocycles. The lowest BCUT2D eigenvalue weighted by Gasteiger charge is -2.25. The normalized spacial score (nSPS) is 17.7. The summed E-state index contributed by atoms with van der Waals surface area (Å²) < 4.78 is 21.5. The van der Waals surface area contributed by atoms with E-state index in [1.165, 1.54) is 12.1 Å². The molecule has 200 valence electrons. The third-order valence-electron chi connectivity index (χ3n) is 7.48. The summed E-state index contributed by atoms with van der Waals surface area (Å²) in [7, 11) is 1.77. The Bertz CT molecular complexity index is 1750. The Morgan fingerprint density at radius 2 is 1.82 bits per heavy atom. The van der Waals surface area contributed by atoms with E-state index in [4.69, 9.17) is 21.3 Å². The third kappa shape index (κ3) is 5.16. The average Bonchev–Trinajstić information content (AvgIpc) is 2.98. The largest absolute Gasteiger partial charge is 0.381 e. The van der Waals surface area contributed by atoms with Crippen molar-refractivity contribution >= 4 is 28.1 Å². The molecule has 1 saturated carbocycles. The molecule has 0 atom stereocenters. The highest BCUT2D eigenvalue weighted by molar-refractivity contribution is 5.86. The molecule has 7 nitrogen and oxygen atoms in total. The van der Waals surface area contributed by atoms with E-state index in [0.29, 0.717) is 11.2 Å². The first-order valence-electron chi connectivity index (χ1n) is 13.4. The Kier molecular flexibility index (Phi) is 6.97. The topological polar surface area (TPSA) is 68.7 Å². The number of anilines is 2. The van der Waals surface area contributed by atoms with Crippen molar-refractivity contribution < 1.29 is 9.13 Å². The van der Waals surface area contributed by atoms with Gasteiger partial charge in [0.15, 0.2) is 5.69 Å². The van der Waals surface area contributed by atoms with Crippen molar-refractivity contribution in [3.05, 3.63) is 101 Å². The van der Waals surface area contributed by atoms with Crippen LogP contribution in [0.5, 0.6) is 0 Å². The molecule has 2 aliphatic carbocycles. The van der Waals surface area contributed by atoms with Crippen molar-refractivity contribution in [2.24, 2.45) is 4.99 Å². The Hall–Kier alpha value is -4.61. The van der Waals surface area contributed by atoms with Crippen molar-refractivity contribution in [1.82, 2.24) is 14.5 Å². The van der Waals surface area contributed by atoms with Crippen molar-refractivity contribution in [2.75, 3.05) is 12.4 Å². The van der Waals surface area contributed by atoms with Gasteiger partial charge in [-0.05, 0) is 93.3 Å². The van der Waals surface area contributed by atoms with Gasteiger partial charge in [-0.2, -0.15) is 0 Å². The molecule has 6 rings (SSSR count). The summed E-state index contributed by atoms with van der Waals surface area (Å²) in [5, 5.41) is 4.33. The number of aryl methyl sites for hydroxylation is 1. The van der Waals surface area contributed by atoms with E-state index in [1.54, 1.807) is 31.4 Å². The molecule has 0 radical (unpaired) electrons. The van der Waals surface area contributed by atoms with Gasteiger partial charge in [0, 0.05) is 18.5 Å². The average molecular weight is 533 g/mol. The summed E-state index contributed by atoms with van der Waals surface area (Å²) in [6.45, 7) is 9.44. The number of aromatic nitrogens is 3. The molecule has 0 spiro atoms. The Morgan fingerprint density at radius 3 is 2.52 bits per heavy atom. The van der Waals surface area contributed by atoms with Crippen LogP contribution in [0, 0.1) is 19.3 Å². The van der Waals surface area contributed by atoms with Gasteiger partial charge in [-0.1, -0.05) is 6.07 Å². The zero-order valence-electron chi connectivity index (χ0n) is 22.4. The van der Waals surface area contributed by atoms with Crippen molar-refractivity contribution in [3.8, 4) is 17.1 Å². The van der Waals surface area contributed by atoms with Crippen LogP contribution in [0.15, 0.2) is 77.9 Å². The molecule has 0 amide bonds. The first kappa shape index (κ1) is 25.7. The number of nitrogens with zero attached hydrogens (tertiary/aromatic N) is 5. The molecular weight excluding hydrogens is 503 g/mol. The first-order valence-corrected chi connectivity index (χ1v) is 13.4. The summed E-state index contributed by atoms with van der Waals surface area (Å²) in [6, 6.07) is 20.1. The number of hydrogen-bond acceptors (Lipinski definition) is 5. The SMILES string of the molecule is [C-]#[N+]c1ccc2c(c1)nc1cc(Nc3ccc(C)nc3)c(=NC3CCC(OC)CC3)cc-1n2-c1ccc(F)cc1. The molecule has 8 heteroatoms. The Labute approximate surface area is 232 Å². The number of hydrogen-bond donors (Lipinski definition) is 1. The zero-order valence-corrected chi connectivity index (χ0v) is 22.4. The van der Waals surface area contributed by atoms with E-state index < -0.39 is 0 Å². The number of rotatable bonds is 5. The minimum Gasteiger partial charge on any atom is -0.381 e. The summed E-state index contributed by atoms with van der Waals surface area (Å²) in [4.78, 5) is 18.2. The number of fused-ring (bicyclic) bond motifs is 2. The number of pyridine rings is 1. The van der Waals surface area contributed by atoms with Gasteiger partial charge in [0.1, 0.15) is 5.82 Å². The lowest BCUT2D eigenvalue weighted by atomic mass is 9.93. The fourth-order valence-corrected chi connectivity index (χ4v) is 5.33. The lowest BCUT2D eigenvalue weighted by Crippen LogP contribution is -2.25. The lowest BCUT2D eigenvalue weighted by molar-refractivity contribution is 0.0663. The smallest absolute Gasteiger partial charge is 0.189 e. The van der Waals surface area contributed by atoms with Crippen LogP contribution in [0.4, 0.5) is 21.5 Å². The monoisotopic (exact) mass is 532 g/mol. The Morgan fingerprint density at radius 1 is 1.02 bits per heavy atom. The molecule has 0 unspecified atom stereocenters. The standard InChI is InChI=1S/C32H29FN6O/c1-20-4-7-24(19-35-20)37-27-17-30-32(18-28(27)36-22-8-13-26(40-3)14-9-22)39(25-11-5-21(33)6-12-25)31-15-10-23(34-2)16-29(31)38-30/h4-7,10-12,15-19,22,26,37H,8-9,13-14H2,1,3H3. The van der Waals surface area contributed by atoms with Crippen LogP contribution >= 0.6 is 0 Å². The highest BCUT2D eigenvalue weighted by Gasteiger charge is 2.22. The second kappa shape index (κ2) is 10.9. The fourth-order valence-electron chi connectivity index (χ4n) is 5.33. The predicted octanol–water partition coefficient (Wildman–Crippen LogP) is 7.13. The van der Waals surface area contributed by atoms with E-state index >= 15 is 0 Å². The number of ether oxygens (including phenoxy) is 1. The van der Waals surface area contributed by atoms with Crippen molar-refractivity contribution in [2.45, 2.75) is 44.8 Å². The quantitative estimate of drug-likeness (QED) is 0.193. The van der Waals surface area contributed by atoms with Crippen LogP contribution in [0.25, 0.3) is 33.0 Å². The summed E-state index contributed by atoms with van der Waals surface area (Å²) in [5.74, 6) is -0.303. The molecule has 0 bridgehead atoms. The molecule has 1 fully saturated rings. The first-order chi connectivity index (χ1) is 19.5. The van der Waals surface area contributed by atoms with Gasteiger partial charge >= 0.3 is 0 Å². The third-order valence-corrected chi connectivity index (χ3v) is 7.48. The number of benzene rings is 3. The van der Waals surface area contributed by atoms with Gasteiger partial charge in [0.25, 0.3) is 0 Å². The number of methoxy groups -OCH3 is 1. The van der Waals surface area contributed by atoms with Crippen LogP contribution in [0.2, 0.25) is 0 Å². The van der Waals surface area contributed by atoms with Crippen LogP contribution < -0.4 is 10.7 Å². The minimum absolute atomic E-state index is 0.175. The number of halogens is 1. The Balaban J connectivity index is 1.59. The minimum atomic E-state index is -0.303. The summed E-state index contributed by atoms with van der Waals surface area (Å²) in [5.41, 5.74) is 6.98. The molecule has 2 heterocycles. The highest BCUT2D eigenvalue weighted by atomic mass is 19.1. The fraction of sp³-hybridized carbons (Fsp3) is 0.250. The summed E-state index contributed by atoms with van der Waals surface area (Å²) >= 11 is 0. The van der Waals surface area contributed by atoms with Gasteiger partial charge < -0.3 is 14.6 Å². The van der Waals surface area contributed by atoms with E-state index in [-0.39, 0.29) is 18.0 Å². The highest BCUT2D eigenvalue weighted by Crippen LogP contribution is 2.32. The number of nitrogens with one attached hydrogen (secondary N) is 1. The second-order valence-electron chi connectivity index (χ2n) is 10.2. The van der Waals surface area contributed by atoms with Crippen LogP contribution in [-0.4, -0.2) is 33.8 Å². The molecule has 40 heavy (non-hydrogen) atoms. The van der Waals surface area contributed by atoms with Crippen LogP contribution in [-0.2, 0) is 4.74 Å². The maximum atomic E-state index is 13.9. The molecule has 2 aromatic carbocycles. The van der Waals surface area contributed by atoms with Gasteiger partial charge in [-0.3, -0.25) is 9.98 Å². The van der Waals surface area contributed by atoms with Gasteiger partial charge in [-0.25, -0.2) is 14.2 Å². The van der Waals surface area contributed by atoms with E-state index in [2.05, 4.69) is 25.8 Å². The molecule has 3 aliphatic rings. The zero-order chi connectivity index (χ0) is 27.6. The van der Waals surface area contributed by atoms with Crippen LogP contribution in [0.3, 0.4) is 0 Å². The van der Waals surface area contributed by atoms with Crippen molar-refractivity contribution in [3.63, 3.8) is 0 Å². The van der Waals surface area contributed by atoms with E-state index in [9.17, 15) is 4.39 Å². The van der Waals surface area contributed by atoms with Gasteiger partial charge in [-0.15, -0.1) is 0 Å². The summed E-state index contributed by atoms with van der Waals surface area (Å²) in [6.07, 6.45) is 5.96. The second-order valence-corrected chi connectivity index (χ2v) is 10.2. The molecule has 3 aromatic rings.